The standard InChI is InChI=1S/C22H28N2O2/c1-17-8-10-20(11-9-17)26-15-21(25)23-16-22(2,3)24-13-12-18-6-4-5-7-19(18)14-24/h4-11H,12-16H2,1-3H3,(H,23,25). The third kappa shape index (κ3) is 4.64. The maximum Gasteiger partial charge on any atom is 0.258 e. The predicted octanol–water partition coefficient (Wildman–Crippen LogP) is 3.33. The second-order valence-corrected chi connectivity index (χ2v) is 7.63. The molecule has 4 nitrogen and oxygen atoms in total. The molecule has 1 N–H and O–H groups in total. The van der Waals surface area contributed by atoms with Crippen LogP contribution in [0.1, 0.15) is 30.5 Å². The molecule has 2 aromatic carbocycles. The number of amides is 1. The minimum Gasteiger partial charge on any atom is -0.484 e. The van der Waals surface area contributed by atoms with Crippen LogP contribution in [-0.2, 0) is 17.8 Å². The highest BCUT2D eigenvalue weighted by atomic mass is 16.5. The molecule has 1 heterocycles. The number of nitrogens with one attached hydrogen (secondary N) is 1. The molecule has 0 saturated carbocycles. The number of carbonyl (C=O) groups excluding carboxylic acids is 1. The van der Waals surface area contributed by atoms with E-state index in [-0.39, 0.29) is 18.1 Å². The van der Waals surface area contributed by atoms with E-state index in [0.29, 0.717) is 6.54 Å². The van der Waals surface area contributed by atoms with Crippen LogP contribution in [0.25, 0.3) is 0 Å². The van der Waals surface area contributed by atoms with Gasteiger partial charge in [0.25, 0.3) is 5.91 Å². The molecule has 0 atom stereocenters. The molecule has 2 aromatic rings. The lowest BCUT2D eigenvalue weighted by Gasteiger charge is -2.41. The van der Waals surface area contributed by atoms with Crippen LogP contribution in [0.2, 0.25) is 0 Å². The number of fused-ring (bicyclic) bond motifs is 1. The van der Waals surface area contributed by atoms with Crippen LogP contribution in [0.5, 0.6) is 5.75 Å². The van der Waals surface area contributed by atoms with Crippen molar-refractivity contribution >= 4 is 5.91 Å². The quantitative estimate of drug-likeness (QED) is 0.867. The minimum atomic E-state index is -0.104. The van der Waals surface area contributed by atoms with Gasteiger partial charge in [0.05, 0.1) is 0 Å². The van der Waals surface area contributed by atoms with E-state index in [9.17, 15) is 4.79 Å². The number of rotatable bonds is 6. The summed E-state index contributed by atoms with van der Waals surface area (Å²) in [7, 11) is 0. The molecule has 4 heteroatoms. The summed E-state index contributed by atoms with van der Waals surface area (Å²) in [6.45, 7) is 8.98. The van der Waals surface area contributed by atoms with Gasteiger partial charge in [-0.2, -0.15) is 0 Å². The lowest BCUT2D eigenvalue weighted by atomic mass is 9.94. The number of hydrogen-bond acceptors (Lipinski definition) is 3. The average molecular weight is 352 g/mol. The van der Waals surface area contributed by atoms with Crippen LogP contribution >= 0.6 is 0 Å². The first kappa shape index (κ1) is 18.5. The summed E-state index contributed by atoms with van der Waals surface area (Å²) in [6, 6.07) is 16.3. The highest BCUT2D eigenvalue weighted by molar-refractivity contribution is 5.77. The molecule has 3 rings (SSSR count). The summed E-state index contributed by atoms with van der Waals surface area (Å²) in [6.07, 6.45) is 1.06. The van der Waals surface area contributed by atoms with Gasteiger partial charge in [-0.05, 0) is 50.5 Å². The van der Waals surface area contributed by atoms with Crippen LogP contribution in [0.4, 0.5) is 0 Å². The van der Waals surface area contributed by atoms with Gasteiger partial charge in [0.2, 0.25) is 0 Å². The van der Waals surface area contributed by atoms with E-state index in [2.05, 4.69) is 48.3 Å². The molecule has 0 spiro atoms. The maximum absolute atomic E-state index is 12.2. The Morgan fingerprint density at radius 2 is 1.81 bits per heavy atom. The van der Waals surface area contributed by atoms with E-state index in [0.717, 1.165) is 25.3 Å². The Hall–Kier alpha value is -2.33. The average Bonchev–Trinajstić information content (AvgIpc) is 2.65. The summed E-state index contributed by atoms with van der Waals surface area (Å²) < 4.78 is 5.55. The molecule has 0 radical (unpaired) electrons. The summed E-state index contributed by atoms with van der Waals surface area (Å²) >= 11 is 0. The van der Waals surface area contributed by atoms with Crippen LogP contribution in [0, 0.1) is 6.92 Å². The van der Waals surface area contributed by atoms with Crippen LogP contribution in [-0.4, -0.2) is 36.0 Å². The van der Waals surface area contributed by atoms with Crippen LogP contribution < -0.4 is 10.1 Å². The number of aryl methyl sites for hydroxylation is 1. The fourth-order valence-electron chi connectivity index (χ4n) is 3.27. The van der Waals surface area contributed by atoms with Gasteiger partial charge < -0.3 is 10.1 Å². The Morgan fingerprint density at radius 3 is 2.54 bits per heavy atom. The Balaban J connectivity index is 1.48. The van der Waals surface area contributed by atoms with Gasteiger partial charge >= 0.3 is 0 Å². The van der Waals surface area contributed by atoms with Gasteiger partial charge in [0, 0.05) is 25.2 Å². The van der Waals surface area contributed by atoms with Crippen molar-refractivity contribution in [3.8, 4) is 5.75 Å². The lowest BCUT2D eigenvalue weighted by molar-refractivity contribution is -0.123. The predicted molar refractivity (Wildman–Crippen MR) is 104 cm³/mol. The Morgan fingerprint density at radius 1 is 1.12 bits per heavy atom. The van der Waals surface area contributed by atoms with Crippen LogP contribution in [0.15, 0.2) is 48.5 Å². The van der Waals surface area contributed by atoms with Crippen molar-refractivity contribution in [1.82, 2.24) is 10.2 Å². The Kier molecular flexibility index (Phi) is 5.62. The first-order chi connectivity index (χ1) is 12.4. The fourth-order valence-corrected chi connectivity index (χ4v) is 3.27. The highest BCUT2D eigenvalue weighted by Crippen LogP contribution is 2.24. The zero-order valence-corrected chi connectivity index (χ0v) is 15.9. The summed E-state index contributed by atoms with van der Waals surface area (Å²) in [4.78, 5) is 14.6. The lowest BCUT2D eigenvalue weighted by Crippen LogP contribution is -2.53. The van der Waals surface area contributed by atoms with Gasteiger partial charge in [0.1, 0.15) is 5.75 Å². The van der Waals surface area contributed by atoms with Crippen molar-refractivity contribution in [3.05, 3.63) is 65.2 Å². The molecule has 0 saturated heterocycles. The van der Waals surface area contributed by atoms with E-state index in [1.54, 1.807) is 0 Å². The second kappa shape index (κ2) is 7.92. The number of carbonyl (C=O) groups is 1. The maximum atomic E-state index is 12.2. The molecule has 0 bridgehead atoms. The number of benzene rings is 2. The molecular formula is C22H28N2O2. The van der Waals surface area contributed by atoms with Crippen molar-refractivity contribution in [2.75, 3.05) is 19.7 Å². The smallest absolute Gasteiger partial charge is 0.258 e. The summed E-state index contributed by atoms with van der Waals surface area (Å²) in [5.74, 6) is 0.633. The van der Waals surface area contributed by atoms with Gasteiger partial charge in [-0.3, -0.25) is 9.69 Å². The van der Waals surface area contributed by atoms with Crippen molar-refractivity contribution < 1.29 is 9.53 Å². The number of hydrogen-bond donors (Lipinski definition) is 1. The van der Waals surface area contributed by atoms with Crippen LogP contribution in [0.3, 0.4) is 0 Å². The molecule has 1 aliphatic rings. The first-order valence-electron chi connectivity index (χ1n) is 9.22. The van der Waals surface area contributed by atoms with Gasteiger partial charge in [0.15, 0.2) is 6.61 Å². The third-order valence-corrected chi connectivity index (χ3v) is 5.10. The largest absolute Gasteiger partial charge is 0.484 e. The van der Waals surface area contributed by atoms with Gasteiger partial charge in [-0.25, -0.2) is 0 Å². The van der Waals surface area contributed by atoms with Gasteiger partial charge in [-0.1, -0.05) is 42.0 Å². The molecular weight excluding hydrogens is 324 g/mol. The van der Waals surface area contributed by atoms with E-state index in [1.165, 1.54) is 16.7 Å². The first-order valence-corrected chi connectivity index (χ1v) is 9.22. The normalized spacial score (nSPS) is 14.6. The zero-order valence-electron chi connectivity index (χ0n) is 15.9. The molecule has 0 unspecified atom stereocenters. The topological polar surface area (TPSA) is 41.6 Å². The van der Waals surface area contributed by atoms with Crippen molar-refractivity contribution in [2.45, 2.75) is 39.3 Å². The molecule has 0 aromatic heterocycles. The Bertz CT molecular complexity index is 753. The summed E-state index contributed by atoms with van der Waals surface area (Å²) in [5.41, 5.74) is 3.90. The SMILES string of the molecule is Cc1ccc(OCC(=O)NCC(C)(C)N2CCc3ccccc3C2)cc1. The van der Waals surface area contributed by atoms with Crippen molar-refractivity contribution in [1.29, 1.82) is 0 Å². The monoisotopic (exact) mass is 352 g/mol. The highest BCUT2D eigenvalue weighted by Gasteiger charge is 2.30. The zero-order chi connectivity index (χ0) is 18.6. The van der Waals surface area contributed by atoms with Gasteiger partial charge in [-0.15, -0.1) is 0 Å². The number of nitrogens with zero attached hydrogens (tertiary/aromatic N) is 1. The van der Waals surface area contributed by atoms with E-state index in [4.69, 9.17) is 4.74 Å². The molecule has 0 aliphatic carbocycles. The van der Waals surface area contributed by atoms with Crippen molar-refractivity contribution in [3.63, 3.8) is 0 Å². The Labute approximate surface area is 156 Å². The minimum absolute atomic E-state index is 0.0436. The molecule has 1 aliphatic heterocycles. The third-order valence-electron chi connectivity index (χ3n) is 5.10. The molecule has 26 heavy (non-hydrogen) atoms. The second-order valence-electron chi connectivity index (χ2n) is 7.63. The number of ether oxygens (including phenoxy) is 1. The van der Waals surface area contributed by atoms with E-state index >= 15 is 0 Å². The fraction of sp³-hybridized carbons (Fsp3) is 0.409. The molecule has 138 valence electrons. The van der Waals surface area contributed by atoms with E-state index in [1.807, 2.05) is 31.2 Å². The van der Waals surface area contributed by atoms with Crippen molar-refractivity contribution in [2.24, 2.45) is 0 Å². The molecule has 0 fully saturated rings. The summed E-state index contributed by atoms with van der Waals surface area (Å²) in [5, 5.41) is 3.02. The molecule has 1 amide bonds. The van der Waals surface area contributed by atoms with E-state index < -0.39 is 0 Å².